The predicted octanol–water partition coefficient (Wildman–Crippen LogP) is 3.00. The predicted molar refractivity (Wildman–Crippen MR) is 85.2 cm³/mol. The highest BCUT2D eigenvalue weighted by Crippen LogP contribution is 2.35. The second kappa shape index (κ2) is 5.82. The summed E-state index contributed by atoms with van der Waals surface area (Å²) in [6.07, 6.45) is 3.15. The molecule has 1 heterocycles. The van der Waals surface area contributed by atoms with E-state index in [1.54, 1.807) is 19.2 Å². The van der Waals surface area contributed by atoms with Gasteiger partial charge in [0.05, 0.1) is 27.7 Å². The lowest BCUT2D eigenvalue weighted by molar-refractivity contribution is -0.384. The summed E-state index contributed by atoms with van der Waals surface area (Å²) in [6.45, 7) is 0.625. The van der Waals surface area contributed by atoms with Gasteiger partial charge < -0.3 is 10.1 Å². The third-order valence-electron chi connectivity index (χ3n) is 4.41. The van der Waals surface area contributed by atoms with Gasteiger partial charge in [0.2, 0.25) is 0 Å². The Balaban J connectivity index is 1.92. The van der Waals surface area contributed by atoms with Crippen LogP contribution in [0.15, 0.2) is 24.3 Å². The first-order chi connectivity index (χ1) is 11.1. The number of nitriles is 1. The Labute approximate surface area is 133 Å². The molecule has 0 saturated heterocycles. The molecule has 0 aliphatic heterocycles. The molecule has 0 bridgehead atoms. The average Bonchev–Trinajstić information content (AvgIpc) is 2.52. The first-order valence-electron chi connectivity index (χ1n) is 7.35. The monoisotopic (exact) mass is 312 g/mol. The minimum atomic E-state index is -0.480. The molecule has 23 heavy (non-hydrogen) atoms. The molecule has 1 aromatic heterocycles. The number of nitrogens with one attached hydrogen (secondary N) is 1. The molecule has 7 nitrogen and oxygen atoms in total. The van der Waals surface area contributed by atoms with Crippen LogP contribution in [0.1, 0.15) is 24.8 Å². The van der Waals surface area contributed by atoms with Gasteiger partial charge in [-0.2, -0.15) is 5.26 Å². The maximum atomic E-state index is 10.9. The Bertz CT molecular complexity index is 803. The van der Waals surface area contributed by atoms with Crippen LogP contribution in [0, 0.1) is 21.4 Å². The van der Waals surface area contributed by atoms with E-state index in [1.165, 1.54) is 12.1 Å². The van der Waals surface area contributed by atoms with E-state index >= 15 is 0 Å². The van der Waals surface area contributed by atoms with Crippen molar-refractivity contribution in [1.82, 2.24) is 4.98 Å². The zero-order valence-corrected chi connectivity index (χ0v) is 12.7. The fraction of sp³-hybridized carbons (Fsp3) is 0.375. The van der Waals surface area contributed by atoms with E-state index in [4.69, 9.17) is 4.74 Å². The van der Waals surface area contributed by atoms with Crippen LogP contribution in [-0.4, -0.2) is 29.2 Å². The third-order valence-corrected chi connectivity index (χ3v) is 4.41. The van der Waals surface area contributed by atoms with Crippen molar-refractivity contribution in [2.75, 3.05) is 19.0 Å². The summed E-state index contributed by atoms with van der Waals surface area (Å²) in [5.74, 6) is 0.575. The van der Waals surface area contributed by atoms with Crippen molar-refractivity contribution in [3.05, 3.63) is 39.9 Å². The molecule has 1 saturated carbocycles. The number of aromatic nitrogens is 1. The molecule has 1 N–H and O–H groups in total. The fourth-order valence-corrected chi connectivity index (χ4v) is 2.79. The van der Waals surface area contributed by atoms with Gasteiger partial charge in [-0.15, -0.1) is 0 Å². The van der Waals surface area contributed by atoms with Gasteiger partial charge in [0.25, 0.3) is 5.69 Å². The summed E-state index contributed by atoms with van der Waals surface area (Å²) < 4.78 is 5.55. The number of ether oxygens (including phenoxy) is 1. The molecule has 0 radical (unpaired) electrons. The Morgan fingerprint density at radius 3 is 2.83 bits per heavy atom. The van der Waals surface area contributed by atoms with Crippen LogP contribution in [-0.2, 0) is 4.74 Å². The van der Waals surface area contributed by atoms with Crippen molar-refractivity contribution < 1.29 is 9.66 Å². The zero-order chi connectivity index (χ0) is 16.4. The molecule has 0 amide bonds. The highest BCUT2D eigenvalue weighted by Gasteiger charge is 2.36. The van der Waals surface area contributed by atoms with Gasteiger partial charge in [0.1, 0.15) is 5.82 Å². The number of hydrogen-bond acceptors (Lipinski definition) is 6. The van der Waals surface area contributed by atoms with Crippen LogP contribution in [0.2, 0.25) is 0 Å². The highest BCUT2D eigenvalue weighted by atomic mass is 16.6. The molecule has 0 atom stereocenters. The molecule has 1 aromatic carbocycles. The van der Waals surface area contributed by atoms with E-state index in [9.17, 15) is 15.4 Å². The number of nitro groups is 1. The van der Waals surface area contributed by atoms with E-state index in [0.29, 0.717) is 28.8 Å². The second-order valence-corrected chi connectivity index (χ2v) is 5.72. The van der Waals surface area contributed by atoms with Crippen molar-refractivity contribution >= 4 is 22.4 Å². The van der Waals surface area contributed by atoms with Gasteiger partial charge in [0.15, 0.2) is 0 Å². The molecule has 118 valence electrons. The van der Waals surface area contributed by atoms with E-state index in [1.807, 2.05) is 0 Å². The summed E-state index contributed by atoms with van der Waals surface area (Å²) in [6, 6.07) is 8.04. The van der Waals surface area contributed by atoms with E-state index in [2.05, 4.69) is 16.4 Å². The van der Waals surface area contributed by atoms with Gasteiger partial charge >= 0.3 is 0 Å². The molecule has 0 unspecified atom stereocenters. The Morgan fingerprint density at radius 1 is 1.48 bits per heavy atom. The molecule has 0 spiro atoms. The number of methoxy groups -OCH3 is 1. The number of hydrogen-bond donors (Lipinski definition) is 1. The summed E-state index contributed by atoms with van der Waals surface area (Å²) in [5, 5.41) is 23.9. The minimum Gasteiger partial charge on any atom is -0.376 e. The molecular formula is C16H16N4O3. The van der Waals surface area contributed by atoms with Crippen LogP contribution in [0.3, 0.4) is 0 Å². The van der Waals surface area contributed by atoms with Crippen molar-refractivity contribution in [3.63, 3.8) is 0 Å². The number of non-ortho nitro benzene ring substituents is 1. The smallest absolute Gasteiger partial charge is 0.270 e. The van der Waals surface area contributed by atoms with Gasteiger partial charge in [0, 0.05) is 31.2 Å². The number of pyridine rings is 1. The summed E-state index contributed by atoms with van der Waals surface area (Å²) in [4.78, 5) is 14.8. The van der Waals surface area contributed by atoms with Crippen molar-refractivity contribution in [1.29, 1.82) is 5.26 Å². The van der Waals surface area contributed by atoms with Gasteiger partial charge in [-0.3, -0.25) is 10.1 Å². The molecule has 1 aliphatic rings. The number of anilines is 1. The molecule has 7 heteroatoms. The van der Waals surface area contributed by atoms with E-state index in [-0.39, 0.29) is 11.3 Å². The number of rotatable bonds is 5. The average molecular weight is 312 g/mol. The molecule has 1 fully saturated rings. The van der Waals surface area contributed by atoms with E-state index < -0.39 is 4.92 Å². The SMILES string of the molecule is COC1(CNc2cc(C#N)c3cc([N+](=O)[O-])ccc3n2)CCC1. The van der Waals surface area contributed by atoms with Crippen molar-refractivity contribution in [2.45, 2.75) is 24.9 Å². The van der Waals surface area contributed by atoms with Crippen LogP contribution in [0.4, 0.5) is 11.5 Å². The first-order valence-corrected chi connectivity index (χ1v) is 7.35. The van der Waals surface area contributed by atoms with Gasteiger partial charge in [-0.25, -0.2) is 4.98 Å². The van der Waals surface area contributed by atoms with Crippen LogP contribution < -0.4 is 5.32 Å². The topological polar surface area (TPSA) is 101 Å². The maximum absolute atomic E-state index is 10.9. The largest absolute Gasteiger partial charge is 0.376 e. The highest BCUT2D eigenvalue weighted by molar-refractivity contribution is 5.88. The quantitative estimate of drug-likeness (QED) is 0.672. The maximum Gasteiger partial charge on any atom is 0.270 e. The Morgan fingerprint density at radius 2 is 2.26 bits per heavy atom. The summed E-state index contributed by atoms with van der Waals surface area (Å²) in [7, 11) is 1.70. The Hall–Kier alpha value is -2.72. The van der Waals surface area contributed by atoms with Crippen LogP contribution in [0.5, 0.6) is 0 Å². The fourth-order valence-electron chi connectivity index (χ4n) is 2.79. The lowest BCUT2D eigenvalue weighted by atomic mass is 9.80. The normalized spacial score (nSPS) is 15.7. The van der Waals surface area contributed by atoms with Gasteiger partial charge in [-0.05, 0) is 31.4 Å². The Kier molecular flexibility index (Phi) is 3.84. The van der Waals surface area contributed by atoms with Crippen molar-refractivity contribution in [3.8, 4) is 6.07 Å². The first kappa shape index (κ1) is 15.2. The molecule has 3 rings (SSSR count). The van der Waals surface area contributed by atoms with E-state index in [0.717, 1.165) is 19.3 Å². The second-order valence-electron chi connectivity index (χ2n) is 5.72. The lowest BCUT2D eigenvalue weighted by Crippen LogP contribution is -2.45. The third kappa shape index (κ3) is 2.81. The van der Waals surface area contributed by atoms with Crippen molar-refractivity contribution in [2.24, 2.45) is 0 Å². The number of nitro benzene ring substituents is 1. The molecule has 1 aliphatic carbocycles. The summed E-state index contributed by atoms with van der Waals surface area (Å²) >= 11 is 0. The van der Waals surface area contributed by atoms with Gasteiger partial charge in [-0.1, -0.05) is 0 Å². The lowest BCUT2D eigenvalue weighted by Gasteiger charge is -2.40. The minimum absolute atomic E-state index is 0.0516. The number of nitrogens with zero attached hydrogens (tertiary/aromatic N) is 3. The zero-order valence-electron chi connectivity index (χ0n) is 12.7. The molecule has 2 aromatic rings. The number of fused-ring (bicyclic) bond motifs is 1. The standard InChI is InChI=1S/C16H16N4O3/c1-23-16(5-2-6-16)10-18-15-7-11(9-17)13-8-12(20(21)22)3-4-14(13)19-15/h3-4,7-8H,2,5-6,10H2,1H3,(H,18,19). The summed E-state index contributed by atoms with van der Waals surface area (Å²) in [5.41, 5.74) is 0.710. The van der Waals surface area contributed by atoms with Crippen LogP contribution >= 0.6 is 0 Å². The number of benzene rings is 1. The van der Waals surface area contributed by atoms with Crippen LogP contribution in [0.25, 0.3) is 10.9 Å². The molecular weight excluding hydrogens is 296 g/mol.